The van der Waals surface area contributed by atoms with Gasteiger partial charge in [0.15, 0.2) is 0 Å². The number of hydrogen-bond acceptors (Lipinski definition) is 3. The van der Waals surface area contributed by atoms with E-state index in [1.807, 2.05) is 18.2 Å². The molecule has 2 heterocycles. The molecule has 4 nitrogen and oxygen atoms in total. The fourth-order valence-corrected chi connectivity index (χ4v) is 8.80. The molecule has 0 fully saturated rings. The van der Waals surface area contributed by atoms with Crippen LogP contribution in [0.2, 0.25) is 0 Å². The molecular weight excluding hydrogens is 611 g/mol. The Bertz CT molecular complexity index is 2670. The number of rotatable bonds is 3. The number of amidine groups is 1. The number of hydrogen-bond donors (Lipinski definition) is 1. The summed E-state index contributed by atoms with van der Waals surface area (Å²) in [4.78, 5) is 5.27. The molecule has 50 heavy (non-hydrogen) atoms. The van der Waals surface area contributed by atoms with Crippen molar-refractivity contribution in [2.45, 2.75) is 17.7 Å². The maximum atomic E-state index is 6.72. The molecule has 1 spiro atoms. The molecule has 0 amide bonds. The Morgan fingerprint density at radius 3 is 2.02 bits per heavy atom. The van der Waals surface area contributed by atoms with Crippen LogP contribution in [-0.4, -0.2) is 5.84 Å². The number of furan rings is 1. The van der Waals surface area contributed by atoms with Crippen LogP contribution in [0, 0.1) is 0 Å². The third kappa shape index (κ3) is 3.71. The highest BCUT2D eigenvalue weighted by molar-refractivity contribution is 6.13. The zero-order chi connectivity index (χ0) is 32.8. The Kier molecular flexibility index (Phi) is 5.75. The highest BCUT2D eigenvalue weighted by Crippen LogP contribution is 2.64. The van der Waals surface area contributed by atoms with Gasteiger partial charge in [-0.25, -0.2) is 0 Å². The summed E-state index contributed by atoms with van der Waals surface area (Å²) in [6.45, 7) is 0. The van der Waals surface area contributed by atoms with E-state index in [-0.39, 0.29) is 12.3 Å². The number of nitrogens with one attached hydrogen (secondary N) is 1. The van der Waals surface area contributed by atoms with E-state index >= 15 is 0 Å². The molecule has 4 heteroatoms. The molecule has 0 bridgehead atoms. The number of benzene rings is 7. The largest absolute Gasteiger partial charge is 0.613 e. The SMILES string of the molecule is c1ccc(C2N=C(c3ccc4c(c3)C3(c5ccccc5-4)c4ccccc4-c4c3ccc3c4oc4ccccc43)NC(c3ccccc3)[N-]2)cc1. The van der Waals surface area contributed by atoms with Crippen LogP contribution in [0.25, 0.3) is 49.5 Å². The van der Waals surface area contributed by atoms with Crippen molar-refractivity contribution in [3.63, 3.8) is 0 Å². The highest BCUT2D eigenvalue weighted by atomic mass is 16.3. The van der Waals surface area contributed by atoms with Crippen LogP contribution in [0.5, 0.6) is 0 Å². The molecule has 236 valence electrons. The van der Waals surface area contributed by atoms with E-state index in [9.17, 15) is 0 Å². The van der Waals surface area contributed by atoms with Gasteiger partial charge in [-0.1, -0.05) is 152 Å². The van der Waals surface area contributed by atoms with Crippen molar-refractivity contribution >= 4 is 27.8 Å². The summed E-state index contributed by atoms with van der Waals surface area (Å²) in [5.41, 5.74) is 14.6. The van der Waals surface area contributed by atoms with Gasteiger partial charge < -0.3 is 15.1 Å². The average Bonchev–Trinajstić information content (AvgIpc) is 3.82. The first kappa shape index (κ1) is 27.7. The molecular formula is C46H30N3O-. The molecule has 2 aliphatic carbocycles. The minimum absolute atomic E-state index is 0.234. The quantitative estimate of drug-likeness (QED) is 0.209. The summed E-state index contributed by atoms with van der Waals surface area (Å²) in [6.07, 6.45) is -0.561. The summed E-state index contributed by atoms with van der Waals surface area (Å²) in [6, 6.07) is 58.5. The molecule has 7 aromatic carbocycles. The van der Waals surface area contributed by atoms with E-state index in [2.05, 4.69) is 151 Å². The standard InChI is InChI=1S/C46H30N3O/c1-3-13-28(14-4-1)43-47-44(29-15-5-2-6-16-29)49-45(48-43)30-23-24-32-31-17-7-10-20-36(31)46(39(32)27-30)37-21-11-8-19-35(37)41-38(46)26-25-34-33-18-9-12-22-40(33)50-42(34)41/h1-27,43-44H,(H,48,49)/q-1. The van der Waals surface area contributed by atoms with Crippen LogP contribution >= 0.6 is 0 Å². The van der Waals surface area contributed by atoms with Crippen LogP contribution in [0.1, 0.15) is 51.3 Å². The molecule has 1 N–H and O–H groups in total. The van der Waals surface area contributed by atoms with Crippen molar-refractivity contribution in [1.29, 1.82) is 0 Å². The van der Waals surface area contributed by atoms with Crippen molar-refractivity contribution in [3.05, 3.63) is 208 Å². The van der Waals surface area contributed by atoms with Gasteiger partial charge in [-0.3, -0.25) is 4.99 Å². The number of para-hydroxylation sites is 1. The van der Waals surface area contributed by atoms with Crippen molar-refractivity contribution in [3.8, 4) is 22.3 Å². The second-order valence-electron chi connectivity index (χ2n) is 13.4. The molecule has 0 saturated carbocycles. The van der Waals surface area contributed by atoms with Gasteiger partial charge in [-0.15, -0.1) is 0 Å². The van der Waals surface area contributed by atoms with Crippen LogP contribution in [0.4, 0.5) is 0 Å². The van der Waals surface area contributed by atoms with Gasteiger partial charge in [-0.05, 0) is 74.5 Å². The molecule has 1 aromatic heterocycles. The predicted molar refractivity (Wildman–Crippen MR) is 201 cm³/mol. The van der Waals surface area contributed by atoms with E-state index in [0.29, 0.717) is 0 Å². The Morgan fingerprint density at radius 1 is 0.540 bits per heavy atom. The van der Waals surface area contributed by atoms with Gasteiger partial charge in [0.25, 0.3) is 0 Å². The lowest BCUT2D eigenvalue weighted by Crippen LogP contribution is -2.34. The Balaban J connectivity index is 1.16. The zero-order valence-electron chi connectivity index (χ0n) is 27.0. The Hall–Kier alpha value is -6.23. The Labute approximate surface area is 289 Å². The summed E-state index contributed by atoms with van der Waals surface area (Å²) in [5, 5.41) is 11.2. The summed E-state index contributed by atoms with van der Waals surface area (Å²) in [7, 11) is 0. The van der Waals surface area contributed by atoms with Crippen molar-refractivity contribution in [2.24, 2.45) is 4.99 Å². The third-order valence-corrected chi connectivity index (χ3v) is 10.9. The number of aliphatic imine (C=N–C) groups is 1. The van der Waals surface area contributed by atoms with Gasteiger partial charge in [0, 0.05) is 21.9 Å². The monoisotopic (exact) mass is 640 g/mol. The maximum absolute atomic E-state index is 6.72. The van der Waals surface area contributed by atoms with E-state index in [1.165, 1.54) is 44.5 Å². The zero-order valence-corrected chi connectivity index (χ0v) is 27.0. The van der Waals surface area contributed by atoms with Crippen molar-refractivity contribution in [1.82, 2.24) is 5.32 Å². The first-order valence-corrected chi connectivity index (χ1v) is 17.2. The lowest BCUT2D eigenvalue weighted by Gasteiger charge is -2.44. The van der Waals surface area contributed by atoms with Gasteiger partial charge in [-0.2, -0.15) is 0 Å². The first-order chi connectivity index (χ1) is 24.8. The predicted octanol–water partition coefficient (Wildman–Crippen LogP) is 11.1. The van der Waals surface area contributed by atoms with E-state index in [4.69, 9.17) is 14.7 Å². The lowest BCUT2D eigenvalue weighted by atomic mass is 9.70. The van der Waals surface area contributed by atoms with Gasteiger partial charge in [0.2, 0.25) is 0 Å². The minimum Gasteiger partial charge on any atom is -0.613 e. The van der Waals surface area contributed by atoms with Crippen LogP contribution in [0.15, 0.2) is 173 Å². The first-order valence-electron chi connectivity index (χ1n) is 17.2. The van der Waals surface area contributed by atoms with Gasteiger partial charge in [0.05, 0.1) is 5.41 Å². The molecule has 8 aromatic rings. The third-order valence-electron chi connectivity index (χ3n) is 10.9. The second kappa shape index (κ2) is 10.4. The molecule has 0 radical (unpaired) electrons. The second-order valence-corrected chi connectivity index (χ2v) is 13.4. The van der Waals surface area contributed by atoms with Gasteiger partial charge >= 0.3 is 0 Å². The summed E-state index contributed by atoms with van der Waals surface area (Å²) < 4.78 is 6.72. The van der Waals surface area contributed by atoms with Crippen LogP contribution in [0.3, 0.4) is 0 Å². The highest BCUT2D eigenvalue weighted by Gasteiger charge is 2.52. The topological polar surface area (TPSA) is 51.6 Å². The molecule has 0 saturated heterocycles. The molecule has 3 aliphatic rings. The van der Waals surface area contributed by atoms with Crippen LogP contribution < -0.4 is 5.32 Å². The number of nitrogens with zero attached hydrogens (tertiary/aromatic N) is 2. The maximum Gasteiger partial charge on any atom is 0.143 e. The van der Waals surface area contributed by atoms with Gasteiger partial charge in [0.1, 0.15) is 17.0 Å². The minimum atomic E-state index is -0.516. The van der Waals surface area contributed by atoms with Crippen molar-refractivity contribution in [2.75, 3.05) is 0 Å². The van der Waals surface area contributed by atoms with E-state index < -0.39 is 5.41 Å². The molecule has 11 rings (SSSR count). The summed E-state index contributed by atoms with van der Waals surface area (Å²) >= 11 is 0. The lowest BCUT2D eigenvalue weighted by molar-refractivity contribution is 0.631. The molecule has 3 unspecified atom stereocenters. The van der Waals surface area contributed by atoms with Crippen molar-refractivity contribution < 1.29 is 4.42 Å². The number of fused-ring (bicyclic) bond motifs is 14. The van der Waals surface area contributed by atoms with E-state index in [0.717, 1.165) is 44.5 Å². The Morgan fingerprint density at radius 2 is 1.20 bits per heavy atom. The summed E-state index contributed by atoms with van der Waals surface area (Å²) in [5.74, 6) is 0.843. The fraction of sp³-hybridized carbons (Fsp3) is 0.0652. The molecule has 3 atom stereocenters. The smallest absolute Gasteiger partial charge is 0.143 e. The van der Waals surface area contributed by atoms with Crippen LogP contribution in [-0.2, 0) is 5.41 Å². The fourth-order valence-electron chi connectivity index (χ4n) is 8.80. The molecule has 1 aliphatic heterocycles. The van der Waals surface area contributed by atoms with E-state index in [1.54, 1.807) is 0 Å². The normalized spacial score (nSPS) is 19.9. The average molecular weight is 641 g/mol.